The van der Waals surface area contributed by atoms with E-state index in [1.165, 1.54) is 11.1 Å². The molecule has 1 aliphatic rings. The Labute approximate surface area is 122 Å². The molecule has 0 bridgehead atoms. The fourth-order valence-corrected chi connectivity index (χ4v) is 2.94. The van der Waals surface area contributed by atoms with Crippen LogP contribution in [0.2, 0.25) is 0 Å². The minimum absolute atomic E-state index is 0.0316. The van der Waals surface area contributed by atoms with Gasteiger partial charge >= 0.3 is 0 Å². The lowest BCUT2D eigenvalue weighted by molar-refractivity contribution is 0.0950. The molecule has 1 amide bonds. The van der Waals surface area contributed by atoms with E-state index in [2.05, 4.69) is 39.6 Å². The number of carbonyl (C=O) groups is 1. The van der Waals surface area contributed by atoms with Crippen molar-refractivity contribution in [2.24, 2.45) is 0 Å². The summed E-state index contributed by atoms with van der Waals surface area (Å²) in [5.74, 6) is 0.414. The van der Waals surface area contributed by atoms with Crippen LogP contribution in [0.4, 0.5) is 0 Å². The van der Waals surface area contributed by atoms with Crippen molar-refractivity contribution in [3.05, 3.63) is 65.5 Å². The van der Waals surface area contributed by atoms with E-state index < -0.39 is 0 Å². The highest BCUT2D eigenvalue weighted by atomic mass is 16.1. The van der Waals surface area contributed by atoms with Crippen LogP contribution in [0.25, 0.3) is 11.0 Å². The number of nitrogens with zero attached hydrogens (tertiary/aromatic N) is 1. The van der Waals surface area contributed by atoms with Crippen molar-refractivity contribution in [1.29, 1.82) is 0 Å². The van der Waals surface area contributed by atoms with Crippen molar-refractivity contribution < 1.29 is 4.79 Å². The number of hydrogen-bond acceptors (Lipinski definition) is 2. The second-order valence-electron chi connectivity index (χ2n) is 5.44. The number of benzene rings is 2. The van der Waals surface area contributed by atoms with Crippen LogP contribution in [0.1, 0.15) is 27.4 Å². The summed E-state index contributed by atoms with van der Waals surface area (Å²) in [5, 5.41) is 3.03. The minimum Gasteiger partial charge on any atom is -0.351 e. The monoisotopic (exact) mass is 277 g/mol. The summed E-state index contributed by atoms with van der Waals surface area (Å²) in [6, 6.07) is 13.9. The number of rotatable bonds is 3. The smallest absolute Gasteiger partial charge is 0.251 e. The van der Waals surface area contributed by atoms with Crippen LogP contribution in [-0.2, 0) is 6.42 Å². The molecule has 0 saturated carbocycles. The Balaban J connectivity index is 1.44. The van der Waals surface area contributed by atoms with Crippen molar-refractivity contribution in [3.63, 3.8) is 0 Å². The van der Waals surface area contributed by atoms with Crippen LogP contribution in [0, 0.1) is 0 Å². The van der Waals surface area contributed by atoms with Gasteiger partial charge in [0.1, 0.15) is 0 Å². The number of nitrogens with one attached hydrogen (secondary N) is 2. The van der Waals surface area contributed by atoms with Crippen molar-refractivity contribution in [2.75, 3.05) is 6.54 Å². The molecule has 4 rings (SSSR count). The predicted molar refractivity (Wildman–Crippen MR) is 81.3 cm³/mol. The molecule has 1 unspecified atom stereocenters. The summed E-state index contributed by atoms with van der Waals surface area (Å²) >= 11 is 0. The van der Waals surface area contributed by atoms with Gasteiger partial charge in [-0.05, 0) is 35.7 Å². The zero-order valence-corrected chi connectivity index (χ0v) is 11.5. The third-order valence-electron chi connectivity index (χ3n) is 4.15. The maximum absolute atomic E-state index is 12.2. The highest BCUT2D eigenvalue weighted by Crippen LogP contribution is 2.34. The Kier molecular flexibility index (Phi) is 2.74. The lowest BCUT2D eigenvalue weighted by atomic mass is 9.77. The molecular formula is C17H15N3O. The molecule has 0 spiro atoms. The van der Waals surface area contributed by atoms with E-state index in [0.29, 0.717) is 18.0 Å². The largest absolute Gasteiger partial charge is 0.351 e. The molecule has 0 saturated heterocycles. The second-order valence-corrected chi connectivity index (χ2v) is 5.44. The highest BCUT2D eigenvalue weighted by Gasteiger charge is 2.25. The van der Waals surface area contributed by atoms with Gasteiger partial charge in [0, 0.05) is 18.0 Å². The van der Waals surface area contributed by atoms with Crippen molar-refractivity contribution in [2.45, 2.75) is 12.3 Å². The molecule has 4 nitrogen and oxygen atoms in total. The van der Waals surface area contributed by atoms with Gasteiger partial charge in [-0.3, -0.25) is 4.79 Å². The van der Waals surface area contributed by atoms with Gasteiger partial charge in [0.05, 0.1) is 17.4 Å². The van der Waals surface area contributed by atoms with Crippen LogP contribution in [0.5, 0.6) is 0 Å². The summed E-state index contributed by atoms with van der Waals surface area (Å²) < 4.78 is 0. The number of H-pyrrole nitrogens is 1. The SMILES string of the molecule is O=C(NCC1Cc2ccccc21)c1ccc2nc[nH]c2c1. The van der Waals surface area contributed by atoms with Crippen LogP contribution in [0.3, 0.4) is 0 Å². The highest BCUT2D eigenvalue weighted by molar-refractivity contribution is 5.97. The van der Waals surface area contributed by atoms with E-state index in [-0.39, 0.29) is 5.91 Å². The number of aromatic amines is 1. The van der Waals surface area contributed by atoms with Gasteiger partial charge in [-0.2, -0.15) is 0 Å². The maximum Gasteiger partial charge on any atom is 0.251 e. The Morgan fingerprint density at radius 2 is 2.19 bits per heavy atom. The number of fused-ring (bicyclic) bond motifs is 2. The molecule has 104 valence electrons. The zero-order chi connectivity index (χ0) is 14.2. The topological polar surface area (TPSA) is 57.8 Å². The van der Waals surface area contributed by atoms with Gasteiger partial charge in [0.15, 0.2) is 0 Å². The fraction of sp³-hybridized carbons (Fsp3) is 0.176. The average Bonchev–Trinajstić information content (AvgIpc) is 2.95. The van der Waals surface area contributed by atoms with Gasteiger partial charge in [-0.15, -0.1) is 0 Å². The van der Waals surface area contributed by atoms with E-state index in [9.17, 15) is 4.79 Å². The van der Waals surface area contributed by atoms with Gasteiger partial charge in [0.2, 0.25) is 0 Å². The Hall–Kier alpha value is -2.62. The van der Waals surface area contributed by atoms with Gasteiger partial charge in [-0.25, -0.2) is 4.98 Å². The molecule has 1 aliphatic carbocycles. The normalized spacial score (nSPS) is 16.3. The number of amides is 1. The molecule has 1 atom stereocenters. The number of carbonyl (C=O) groups excluding carboxylic acids is 1. The second kappa shape index (κ2) is 4.74. The van der Waals surface area contributed by atoms with Crippen molar-refractivity contribution >= 4 is 16.9 Å². The fourth-order valence-electron chi connectivity index (χ4n) is 2.94. The lowest BCUT2D eigenvalue weighted by Gasteiger charge is -2.30. The third-order valence-corrected chi connectivity index (χ3v) is 4.15. The molecule has 2 N–H and O–H groups in total. The first-order valence-electron chi connectivity index (χ1n) is 7.10. The molecule has 0 radical (unpaired) electrons. The molecule has 2 aromatic carbocycles. The summed E-state index contributed by atoms with van der Waals surface area (Å²) in [6.07, 6.45) is 2.69. The lowest BCUT2D eigenvalue weighted by Crippen LogP contribution is -2.33. The summed E-state index contributed by atoms with van der Waals surface area (Å²) in [4.78, 5) is 19.4. The molecule has 1 heterocycles. The van der Waals surface area contributed by atoms with E-state index in [1.54, 1.807) is 6.33 Å². The average molecular weight is 277 g/mol. The molecule has 0 aliphatic heterocycles. The first-order chi connectivity index (χ1) is 10.3. The number of imidazole rings is 1. The molecular weight excluding hydrogens is 262 g/mol. The summed E-state index contributed by atoms with van der Waals surface area (Å²) in [6.45, 7) is 0.691. The van der Waals surface area contributed by atoms with Crippen LogP contribution in [-0.4, -0.2) is 22.4 Å². The molecule has 1 aromatic heterocycles. The Morgan fingerprint density at radius 3 is 3.10 bits per heavy atom. The maximum atomic E-state index is 12.2. The first-order valence-corrected chi connectivity index (χ1v) is 7.10. The van der Waals surface area contributed by atoms with Crippen LogP contribution < -0.4 is 5.32 Å². The molecule has 3 aromatic rings. The van der Waals surface area contributed by atoms with Crippen LogP contribution in [0.15, 0.2) is 48.8 Å². The van der Waals surface area contributed by atoms with E-state index in [4.69, 9.17) is 0 Å². The predicted octanol–water partition coefficient (Wildman–Crippen LogP) is 2.63. The molecule has 0 fully saturated rings. The zero-order valence-electron chi connectivity index (χ0n) is 11.5. The third kappa shape index (κ3) is 2.09. The quantitative estimate of drug-likeness (QED) is 0.773. The summed E-state index contributed by atoms with van der Waals surface area (Å²) in [5.41, 5.74) is 5.19. The molecule has 4 heteroatoms. The van der Waals surface area contributed by atoms with E-state index >= 15 is 0 Å². The Bertz CT molecular complexity index is 822. The van der Waals surface area contributed by atoms with Crippen LogP contribution >= 0.6 is 0 Å². The molecule has 21 heavy (non-hydrogen) atoms. The standard InChI is InChI=1S/C17H15N3O/c21-17(12-5-6-15-16(8-12)20-10-19-15)18-9-13-7-11-3-1-2-4-14(11)13/h1-6,8,10,13H,7,9H2,(H,18,21)(H,19,20). The Morgan fingerprint density at radius 1 is 1.29 bits per heavy atom. The number of aromatic nitrogens is 2. The van der Waals surface area contributed by atoms with Gasteiger partial charge < -0.3 is 10.3 Å². The van der Waals surface area contributed by atoms with Gasteiger partial charge in [0.25, 0.3) is 5.91 Å². The summed E-state index contributed by atoms with van der Waals surface area (Å²) in [7, 11) is 0. The van der Waals surface area contributed by atoms with E-state index in [1.807, 2.05) is 18.2 Å². The van der Waals surface area contributed by atoms with E-state index in [0.717, 1.165) is 17.5 Å². The first kappa shape index (κ1) is 12.1. The van der Waals surface area contributed by atoms with Crippen molar-refractivity contribution in [1.82, 2.24) is 15.3 Å². The number of hydrogen-bond donors (Lipinski definition) is 2. The van der Waals surface area contributed by atoms with Gasteiger partial charge in [-0.1, -0.05) is 24.3 Å². The minimum atomic E-state index is -0.0316. The van der Waals surface area contributed by atoms with Crippen molar-refractivity contribution in [3.8, 4) is 0 Å².